The highest BCUT2D eigenvalue weighted by Gasteiger charge is 2.10. The molecule has 0 aliphatic carbocycles. The molecule has 0 atom stereocenters. The monoisotopic (exact) mass is 339 g/mol. The molecule has 0 saturated carbocycles. The van der Waals surface area contributed by atoms with Crippen LogP contribution in [0, 0.1) is 6.92 Å². The van der Waals surface area contributed by atoms with Crippen LogP contribution in [-0.4, -0.2) is 36.1 Å². The molecule has 1 N–H and O–H groups in total. The molecule has 2 rings (SSSR count). The maximum absolute atomic E-state index is 11.9. The molecular formula is C15H18ClN3O2S. The van der Waals surface area contributed by atoms with Crippen LogP contribution >= 0.6 is 22.9 Å². The third-order valence-electron chi connectivity index (χ3n) is 2.86. The molecule has 2 amide bonds. The van der Waals surface area contributed by atoms with Crippen LogP contribution in [0.3, 0.4) is 0 Å². The number of amides is 2. The zero-order chi connectivity index (χ0) is 15.9. The van der Waals surface area contributed by atoms with Gasteiger partial charge in [0.15, 0.2) is 0 Å². The van der Waals surface area contributed by atoms with Gasteiger partial charge in [-0.15, -0.1) is 11.3 Å². The van der Waals surface area contributed by atoms with Gasteiger partial charge in [-0.1, -0.05) is 17.7 Å². The number of ether oxygens (including phenoxy) is 1. The first-order valence-corrected chi connectivity index (χ1v) is 8.08. The smallest absolute Gasteiger partial charge is 0.317 e. The molecule has 2 aromatic rings. The molecule has 118 valence electrons. The molecule has 5 nitrogen and oxygen atoms in total. The summed E-state index contributed by atoms with van der Waals surface area (Å²) >= 11 is 7.44. The Morgan fingerprint density at radius 2 is 2.32 bits per heavy atom. The number of carbonyl (C=O) groups is 1. The van der Waals surface area contributed by atoms with E-state index in [4.69, 9.17) is 16.3 Å². The number of halogens is 1. The predicted octanol–water partition coefficient (Wildman–Crippen LogP) is 3.33. The summed E-state index contributed by atoms with van der Waals surface area (Å²) in [4.78, 5) is 17.9. The fraction of sp³-hybridized carbons (Fsp3) is 0.333. The Morgan fingerprint density at radius 1 is 1.50 bits per heavy atom. The van der Waals surface area contributed by atoms with Crippen LogP contribution in [0.4, 0.5) is 4.79 Å². The standard InChI is InChI=1S/C15H18ClN3O2S/c1-11-18-13(10-22-11)9-19(2)15(20)17-6-7-21-14-5-3-4-12(16)8-14/h3-5,8,10H,6-7,9H2,1-2H3,(H,17,20). The van der Waals surface area contributed by atoms with Crippen LogP contribution < -0.4 is 10.1 Å². The van der Waals surface area contributed by atoms with Gasteiger partial charge in [-0.05, 0) is 25.1 Å². The zero-order valence-electron chi connectivity index (χ0n) is 12.5. The van der Waals surface area contributed by atoms with Gasteiger partial charge in [-0.3, -0.25) is 0 Å². The minimum absolute atomic E-state index is 0.152. The van der Waals surface area contributed by atoms with Crippen LogP contribution in [0.25, 0.3) is 0 Å². The Bertz CT molecular complexity index is 633. The maximum Gasteiger partial charge on any atom is 0.317 e. The van der Waals surface area contributed by atoms with Gasteiger partial charge in [-0.2, -0.15) is 0 Å². The summed E-state index contributed by atoms with van der Waals surface area (Å²) in [6.07, 6.45) is 0. The Hall–Kier alpha value is -1.79. The van der Waals surface area contributed by atoms with Gasteiger partial charge in [0.2, 0.25) is 0 Å². The summed E-state index contributed by atoms with van der Waals surface area (Å²) in [5.74, 6) is 0.688. The summed E-state index contributed by atoms with van der Waals surface area (Å²) in [7, 11) is 1.74. The Kier molecular flexibility index (Phi) is 6.03. The van der Waals surface area contributed by atoms with Gasteiger partial charge in [0.1, 0.15) is 12.4 Å². The van der Waals surface area contributed by atoms with Gasteiger partial charge >= 0.3 is 6.03 Å². The summed E-state index contributed by atoms with van der Waals surface area (Å²) < 4.78 is 5.51. The molecular weight excluding hydrogens is 322 g/mol. The maximum atomic E-state index is 11.9. The number of thiazole rings is 1. The van der Waals surface area contributed by atoms with Crippen LogP contribution in [-0.2, 0) is 6.54 Å². The average Bonchev–Trinajstić information content (AvgIpc) is 2.88. The fourth-order valence-electron chi connectivity index (χ4n) is 1.81. The number of nitrogens with one attached hydrogen (secondary N) is 1. The number of benzene rings is 1. The van der Waals surface area contributed by atoms with E-state index >= 15 is 0 Å². The molecule has 0 fully saturated rings. The Labute approximate surface area is 138 Å². The van der Waals surface area contributed by atoms with Gasteiger partial charge in [-0.25, -0.2) is 9.78 Å². The first kappa shape index (κ1) is 16.6. The van der Waals surface area contributed by atoms with Crippen molar-refractivity contribution in [2.24, 2.45) is 0 Å². The number of urea groups is 1. The highest BCUT2D eigenvalue weighted by atomic mass is 35.5. The molecule has 0 aliphatic heterocycles. The molecule has 0 aliphatic rings. The van der Waals surface area contributed by atoms with E-state index in [0.29, 0.717) is 30.5 Å². The van der Waals surface area contributed by atoms with Gasteiger partial charge < -0.3 is 15.0 Å². The molecule has 1 aromatic heterocycles. The van der Waals surface area contributed by atoms with E-state index in [1.165, 1.54) is 0 Å². The summed E-state index contributed by atoms with van der Waals surface area (Å²) in [6, 6.07) is 7.01. The zero-order valence-corrected chi connectivity index (χ0v) is 14.1. The van der Waals surface area contributed by atoms with E-state index in [2.05, 4.69) is 10.3 Å². The minimum atomic E-state index is -0.152. The van der Waals surface area contributed by atoms with Crippen LogP contribution in [0.15, 0.2) is 29.6 Å². The van der Waals surface area contributed by atoms with Crippen molar-refractivity contribution in [3.05, 3.63) is 45.4 Å². The van der Waals surface area contributed by atoms with Gasteiger partial charge in [0.25, 0.3) is 0 Å². The third-order valence-corrected chi connectivity index (χ3v) is 3.91. The number of carbonyl (C=O) groups excluding carboxylic acids is 1. The summed E-state index contributed by atoms with van der Waals surface area (Å²) in [6.45, 7) is 3.24. The van der Waals surface area contributed by atoms with E-state index in [1.807, 2.05) is 24.4 Å². The second kappa shape index (κ2) is 8.00. The van der Waals surface area contributed by atoms with Crippen molar-refractivity contribution in [3.63, 3.8) is 0 Å². The molecule has 1 aromatic carbocycles. The first-order chi connectivity index (χ1) is 10.5. The lowest BCUT2D eigenvalue weighted by Gasteiger charge is -2.17. The first-order valence-electron chi connectivity index (χ1n) is 6.83. The molecule has 7 heteroatoms. The predicted molar refractivity (Wildman–Crippen MR) is 88.7 cm³/mol. The highest BCUT2D eigenvalue weighted by Crippen LogP contribution is 2.16. The van der Waals surface area contributed by atoms with Crippen molar-refractivity contribution in [1.82, 2.24) is 15.2 Å². The van der Waals surface area contributed by atoms with Crippen LogP contribution in [0.1, 0.15) is 10.7 Å². The van der Waals surface area contributed by atoms with Crippen molar-refractivity contribution >= 4 is 29.0 Å². The SMILES string of the molecule is Cc1nc(CN(C)C(=O)NCCOc2cccc(Cl)c2)cs1. The van der Waals surface area contributed by atoms with Gasteiger partial charge in [0, 0.05) is 17.5 Å². The minimum Gasteiger partial charge on any atom is -0.492 e. The quantitative estimate of drug-likeness (QED) is 0.821. The second-order valence-corrected chi connectivity index (χ2v) is 6.25. The largest absolute Gasteiger partial charge is 0.492 e. The topological polar surface area (TPSA) is 54.5 Å². The van der Waals surface area contributed by atoms with E-state index in [1.54, 1.807) is 35.4 Å². The normalized spacial score (nSPS) is 10.3. The summed E-state index contributed by atoms with van der Waals surface area (Å²) in [5, 5.41) is 6.38. The van der Waals surface area contributed by atoms with Crippen LogP contribution in [0.2, 0.25) is 5.02 Å². The number of aromatic nitrogens is 1. The molecule has 0 spiro atoms. The Balaban J connectivity index is 1.68. The molecule has 22 heavy (non-hydrogen) atoms. The molecule has 0 unspecified atom stereocenters. The lowest BCUT2D eigenvalue weighted by Crippen LogP contribution is -2.38. The van der Waals surface area contributed by atoms with Crippen molar-refractivity contribution in [3.8, 4) is 5.75 Å². The van der Waals surface area contributed by atoms with E-state index < -0.39 is 0 Å². The van der Waals surface area contributed by atoms with Crippen LogP contribution in [0.5, 0.6) is 5.75 Å². The lowest BCUT2D eigenvalue weighted by atomic mass is 10.3. The number of hydrogen-bond acceptors (Lipinski definition) is 4. The molecule has 1 heterocycles. The lowest BCUT2D eigenvalue weighted by molar-refractivity contribution is 0.203. The van der Waals surface area contributed by atoms with Crippen molar-refractivity contribution < 1.29 is 9.53 Å². The fourth-order valence-corrected chi connectivity index (χ4v) is 2.60. The molecule has 0 radical (unpaired) electrons. The highest BCUT2D eigenvalue weighted by molar-refractivity contribution is 7.09. The number of hydrogen-bond donors (Lipinski definition) is 1. The molecule has 0 bridgehead atoms. The van der Waals surface area contributed by atoms with Crippen molar-refractivity contribution in [2.75, 3.05) is 20.2 Å². The third kappa shape index (κ3) is 5.20. The summed E-state index contributed by atoms with van der Waals surface area (Å²) in [5.41, 5.74) is 0.898. The Morgan fingerprint density at radius 3 is 3.00 bits per heavy atom. The van der Waals surface area contributed by atoms with E-state index in [-0.39, 0.29) is 6.03 Å². The van der Waals surface area contributed by atoms with E-state index in [0.717, 1.165) is 10.7 Å². The second-order valence-electron chi connectivity index (χ2n) is 4.75. The molecule has 0 saturated heterocycles. The average molecular weight is 340 g/mol. The number of nitrogens with zero attached hydrogens (tertiary/aromatic N) is 2. The number of rotatable bonds is 6. The van der Waals surface area contributed by atoms with Crippen molar-refractivity contribution in [1.29, 1.82) is 0 Å². The van der Waals surface area contributed by atoms with Crippen molar-refractivity contribution in [2.45, 2.75) is 13.5 Å². The van der Waals surface area contributed by atoms with Gasteiger partial charge in [0.05, 0.1) is 23.8 Å². The van der Waals surface area contributed by atoms with E-state index in [9.17, 15) is 4.79 Å². The number of aryl methyl sites for hydroxylation is 1.